The topological polar surface area (TPSA) is 46.9 Å². The molecule has 2 fully saturated rings. The van der Waals surface area contributed by atoms with Gasteiger partial charge in [0.25, 0.3) is 0 Å². The Morgan fingerprint density at radius 2 is 1.07 bits per heavy atom. The second-order valence-corrected chi connectivity index (χ2v) is 9.13. The smallest absolute Gasteiger partial charge is 0.120 e. The molecule has 2 N–H and O–H groups in total. The number of nitrogens with zero attached hydrogens (tertiary/aromatic N) is 2. The van der Waals surface area contributed by atoms with E-state index in [-0.39, 0.29) is 0 Å². The average Bonchev–Trinajstić information content (AvgIpc) is 2.69. The molecule has 0 spiro atoms. The van der Waals surface area contributed by atoms with Gasteiger partial charge in [-0.3, -0.25) is 9.80 Å². The first-order chi connectivity index (χ1) is 13.6. The predicted molar refractivity (Wildman–Crippen MR) is 116 cm³/mol. The lowest BCUT2D eigenvalue weighted by atomic mass is 9.92. The summed E-state index contributed by atoms with van der Waals surface area (Å²) in [5.74, 6) is 2.41. The fourth-order valence-corrected chi connectivity index (χ4v) is 5.08. The zero-order valence-corrected chi connectivity index (χ0v) is 18.0. The van der Waals surface area contributed by atoms with Crippen LogP contribution in [0.25, 0.3) is 0 Å². The second kappa shape index (κ2) is 10.5. The van der Waals surface area contributed by atoms with Crippen LogP contribution >= 0.6 is 0 Å². The van der Waals surface area contributed by atoms with Crippen molar-refractivity contribution in [1.29, 1.82) is 0 Å². The number of hydrogen-bond acceptors (Lipinski definition) is 4. The number of rotatable bonds is 8. The molecule has 0 amide bonds. The summed E-state index contributed by atoms with van der Waals surface area (Å²) in [7, 11) is 0. The molecule has 0 radical (unpaired) electrons. The molecule has 0 bridgehead atoms. The van der Waals surface area contributed by atoms with Gasteiger partial charge in [0.1, 0.15) is 11.5 Å². The summed E-state index contributed by atoms with van der Waals surface area (Å²) >= 11 is 0. The molecule has 0 aliphatic carbocycles. The molecule has 2 heterocycles. The maximum absolute atomic E-state index is 10.6. The van der Waals surface area contributed by atoms with Crippen molar-refractivity contribution in [2.75, 3.05) is 26.2 Å². The molecule has 0 aromatic heterocycles. The molecule has 0 unspecified atom stereocenters. The number of phenols is 2. The summed E-state index contributed by atoms with van der Waals surface area (Å²) in [5, 5.41) is 21.1. The molecule has 4 heteroatoms. The van der Waals surface area contributed by atoms with Gasteiger partial charge in [-0.15, -0.1) is 0 Å². The summed E-state index contributed by atoms with van der Waals surface area (Å²) in [6.07, 6.45) is 10.3. The average molecular weight is 389 g/mol. The minimum atomic E-state index is 0.337. The first-order valence-corrected chi connectivity index (χ1v) is 11.6. The Bertz CT molecular complexity index is 549. The van der Waals surface area contributed by atoms with Crippen LogP contribution in [0, 0.1) is 11.8 Å². The molecule has 2 aliphatic heterocycles. The fraction of sp³-hybridized carbons (Fsp3) is 0.750. The molecule has 0 saturated carbocycles. The van der Waals surface area contributed by atoms with E-state index in [1.165, 1.54) is 51.4 Å². The largest absolute Gasteiger partial charge is 0.508 e. The van der Waals surface area contributed by atoms with E-state index in [1.807, 2.05) is 0 Å². The molecule has 1 aromatic carbocycles. The number of benzene rings is 1. The van der Waals surface area contributed by atoms with Crippen LogP contribution in [-0.4, -0.2) is 46.2 Å². The molecule has 1 aromatic rings. The molecular formula is C24H40N2O2. The Balaban J connectivity index is 1.53. The summed E-state index contributed by atoms with van der Waals surface area (Å²) in [6, 6.07) is 3.60. The Hall–Kier alpha value is -1.26. The number of aromatic hydroxyl groups is 2. The van der Waals surface area contributed by atoms with Gasteiger partial charge < -0.3 is 10.2 Å². The Morgan fingerprint density at radius 3 is 1.39 bits per heavy atom. The summed E-state index contributed by atoms with van der Waals surface area (Å²) < 4.78 is 0. The van der Waals surface area contributed by atoms with E-state index in [2.05, 4.69) is 23.6 Å². The SMILES string of the molecule is CCCC1CCN(Cc2cc(O)c(CN3CCC(CCC)CC3)cc2O)CC1. The lowest BCUT2D eigenvalue weighted by Gasteiger charge is -2.33. The molecular weight excluding hydrogens is 348 g/mol. The lowest BCUT2D eigenvalue weighted by Crippen LogP contribution is -2.33. The quantitative estimate of drug-likeness (QED) is 0.607. The summed E-state index contributed by atoms with van der Waals surface area (Å²) in [5.41, 5.74) is 1.72. The molecule has 28 heavy (non-hydrogen) atoms. The third-order valence-corrected chi connectivity index (χ3v) is 6.88. The monoisotopic (exact) mass is 388 g/mol. The van der Waals surface area contributed by atoms with E-state index < -0.39 is 0 Å². The number of hydrogen-bond donors (Lipinski definition) is 2. The minimum absolute atomic E-state index is 0.337. The van der Waals surface area contributed by atoms with Crippen molar-refractivity contribution >= 4 is 0 Å². The summed E-state index contributed by atoms with van der Waals surface area (Å²) in [4.78, 5) is 4.83. The van der Waals surface area contributed by atoms with Crippen molar-refractivity contribution < 1.29 is 10.2 Å². The van der Waals surface area contributed by atoms with Crippen LogP contribution in [0.2, 0.25) is 0 Å². The van der Waals surface area contributed by atoms with Crippen molar-refractivity contribution in [2.24, 2.45) is 11.8 Å². The van der Waals surface area contributed by atoms with Crippen LogP contribution in [0.15, 0.2) is 12.1 Å². The lowest BCUT2D eigenvalue weighted by molar-refractivity contribution is 0.168. The van der Waals surface area contributed by atoms with E-state index in [1.54, 1.807) is 12.1 Å². The predicted octanol–water partition coefficient (Wildman–Crippen LogP) is 5.12. The normalized spacial score (nSPS) is 20.6. The van der Waals surface area contributed by atoms with Crippen molar-refractivity contribution in [2.45, 2.75) is 78.3 Å². The van der Waals surface area contributed by atoms with Gasteiger partial charge in [0.2, 0.25) is 0 Å². The van der Waals surface area contributed by atoms with Gasteiger partial charge in [-0.1, -0.05) is 39.5 Å². The first-order valence-electron chi connectivity index (χ1n) is 11.6. The van der Waals surface area contributed by atoms with Crippen molar-refractivity contribution in [3.63, 3.8) is 0 Å². The fourth-order valence-electron chi connectivity index (χ4n) is 5.08. The van der Waals surface area contributed by atoms with Gasteiger partial charge in [0, 0.05) is 24.2 Å². The molecule has 2 aliphatic rings. The van der Waals surface area contributed by atoms with E-state index in [9.17, 15) is 10.2 Å². The second-order valence-electron chi connectivity index (χ2n) is 9.13. The van der Waals surface area contributed by atoms with Crippen LogP contribution in [0.4, 0.5) is 0 Å². The summed E-state index contributed by atoms with van der Waals surface area (Å²) in [6.45, 7) is 10.4. The molecule has 158 valence electrons. The van der Waals surface area contributed by atoms with Crippen molar-refractivity contribution in [1.82, 2.24) is 9.80 Å². The van der Waals surface area contributed by atoms with Gasteiger partial charge in [-0.25, -0.2) is 0 Å². The van der Waals surface area contributed by atoms with E-state index >= 15 is 0 Å². The highest BCUT2D eigenvalue weighted by atomic mass is 16.3. The number of phenolic OH excluding ortho intramolecular Hbond substituents is 2. The van der Waals surface area contributed by atoms with Gasteiger partial charge in [-0.05, 0) is 75.8 Å². The van der Waals surface area contributed by atoms with Crippen LogP contribution in [-0.2, 0) is 13.1 Å². The Labute approximate surface area is 171 Å². The zero-order valence-electron chi connectivity index (χ0n) is 18.0. The zero-order chi connectivity index (χ0) is 19.9. The number of piperidine rings is 2. The highest BCUT2D eigenvalue weighted by Gasteiger charge is 2.22. The maximum atomic E-state index is 10.6. The third kappa shape index (κ3) is 5.87. The standard InChI is InChI=1S/C24H40N2O2/c1-3-5-19-7-11-25(12-8-19)17-21-15-24(28)22(16-23(21)27)18-26-13-9-20(6-4-2)10-14-26/h15-16,19-20,27-28H,3-14,17-18H2,1-2H3. The van der Waals surface area contributed by atoms with Gasteiger partial charge in [0.15, 0.2) is 0 Å². The highest BCUT2D eigenvalue weighted by Crippen LogP contribution is 2.32. The van der Waals surface area contributed by atoms with Crippen molar-refractivity contribution in [3.05, 3.63) is 23.3 Å². The Kier molecular flexibility index (Phi) is 8.04. The van der Waals surface area contributed by atoms with E-state index in [0.717, 1.165) is 62.2 Å². The van der Waals surface area contributed by atoms with E-state index in [0.29, 0.717) is 11.5 Å². The van der Waals surface area contributed by atoms with E-state index in [4.69, 9.17) is 0 Å². The van der Waals surface area contributed by atoms with Crippen LogP contribution < -0.4 is 0 Å². The molecule has 3 rings (SSSR count). The van der Waals surface area contributed by atoms with Crippen LogP contribution in [0.1, 0.15) is 76.3 Å². The molecule has 2 saturated heterocycles. The van der Waals surface area contributed by atoms with Gasteiger partial charge >= 0.3 is 0 Å². The van der Waals surface area contributed by atoms with Crippen molar-refractivity contribution in [3.8, 4) is 11.5 Å². The Morgan fingerprint density at radius 1 is 0.714 bits per heavy atom. The maximum Gasteiger partial charge on any atom is 0.120 e. The van der Waals surface area contributed by atoms with Gasteiger partial charge in [-0.2, -0.15) is 0 Å². The van der Waals surface area contributed by atoms with Crippen LogP contribution in [0.3, 0.4) is 0 Å². The highest BCUT2D eigenvalue weighted by molar-refractivity contribution is 5.45. The number of likely N-dealkylation sites (tertiary alicyclic amines) is 2. The third-order valence-electron chi connectivity index (χ3n) is 6.88. The first kappa shape index (κ1) is 21.4. The molecule has 4 nitrogen and oxygen atoms in total. The molecule has 0 atom stereocenters. The van der Waals surface area contributed by atoms with Crippen LogP contribution in [0.5, 0.6) is 11.5 Å². The minimum Gasteiger partial charge on any atom is -0.508 e. The van der Waals surface area contributed by atoms with Gasteiger partial charge in [0.05, 0.1) is 0 Å².